The number of benzene rings is 1. The molecular weight excluding hydrogens is 278 g/mol. The Morgan fingerprint density at radius 2 is 2.18 bits per heavy atom. The normalized spacial score (nSPS) is 19.8. The average molecular weight is 305 g/mol. The summed E-state index contributed by atoms with van der Waals surface area (Å²) in [7, 11) is 0. The Bertz CT molecular complexity index is 448. The van der Waals surface area contributed by atoms with Gasteiger partial charge in [-0.2, -0.15) is 0 Å². The molecule has 22 heavy (non-hydrogen) atoms. The molecule has 0 saturated carbocycles. The van der Waals surface area contributed by atoms with Crippen LogP contribution >= 0.6 is 0 Å². The number of nitrogens with zero attached hydrogens (tertiary/aromatic N) is 1. The highest BCUT2D eigenvalue weighted by Gasteiger charge is 2.24. The van der Waals surface area contributed by atoms with Crippen LogP contribution < -0.4 is 10.6 Å². The lowest BCUT2D eigenvalue weighted by atomic mass is 10.2. The van der Waals surface area contributed by atoms with Crippen LogP contribution in [0, 0.1) is 0 Å². The second-order valence-corrected chi connectivity index (χ2v) is 5.89. The van der Waals surface area contributed by atoms with E-state index in [1.807, 2.05) is 13.0 Å². The fourth-order valence-electron chi connectivity index (χ4n) is 2.88. The van der Waals surface area contributed by atoms with Crippen molar-refractivity contribution in [2.45, 2.75) is 44.8 Å². The Balaban J connectivity index is 1.78. The van der Waals surface area contributed by atoms with Crippen molar-refractivity contribution in [3.05, 3.63) is 35.9 Å². The number of hydrogen-bond donors (Lipinski definition) is 3. The highest BCUT2D eigenvalue weighted by molar-refractivity contribution is 5.74. The number of urea groups is 1. The summed E-state index contributed by atoms with van der Waals surface area (Å²) in [4.78, 5) is 14.3. The summed E-state index contributed by atoms with van der Waals surface area (Å²) in [5.41, 5.74) is 1.31. The number of aliphatic hydroxyl groups excluding tert-OH is 1. The van der Waals surface area contributed by atoms with Crippen LogP contribution in [0.15, 0.2) is 30.3 Å². The van der Waals surface area contributed by atoms with Gasteiger partial charge >= 0.3 is 6.03 Å². The van der Waals surface area contributed by atoms with Gasteiger partial charge in [0.05, 0.1) is 12.6 Å². The van der Waals surface area contributed by atoms with Crippen molar-refractivity contribution >= 4 is 6.03 Å². The maximum absolute atomic E-state index is 11.8. The molecule has 122 valence electrons. The molecule has 1 aliphatic heterocycles. The first-order valence-corrected chi connectivity index (χ1v) is 8.16. The van der Waals surface area contributed by atoms with Gasteiger partial charge in [-0.1, -0.05) is 37.3 Å². The Kier molecular flexibility index (Phi) is 6.68. The van der Waals surface area contributed by atoms with Crippen molar-refractivity contribution in [1.29, 1.82) is 0 Å². The van der Waals surface area contributed by atoms with E-state index in [1.54, 1.807) is 0 Å². The molecule has 0 spiro atoms. The fraction of sp³-hybridized carbons (Fsp3) is 0.588. The minimum Gasteiger partial charge on any atom is -0.394 e. The Morgan fingerprint density at radius 1 is 1.41 bits per heavy atom. The third-order valence-electron chi connectivity index (χ3n) is 4.27. The Morgan fingerprint density at radius 3 is 2.86 bits per heavy atom. The first kappa shape index (κ1) is 16.8. The summed E-state index contributed by atoms with van der Waals surface area (Å²) in [6.07, 6.45) is 3.02. The number of rotatable bonds is 7. The lowest BCUT2D eigenvalue weighted by Gasteiger charge is -2.25. The number of carbonyl (C=O) groups is 1. The molecule has 0 aromatic heterocycles. The molecule has 1 fully saturated rings. The van der Waals surface area contributed by atoms with Gasteiger partial charge in [0, 0.05) is 19.1 Å². The molecule has 1 heterocycles. The van der Waals surface area contributed by atoms with E-state index in [1.165, 1.54) is 12.0 Å². The van der Waals surface area contributed by atoms with Gasteiger partial charge in [0.1, 0.15) is 0 Å². The van der Waals surface area contributed by atoms with E-state index < -0.39 is 0 Å². The summed E-state index contributed by atoms with van der Waals surface area (Å²) in [5, 5.41) is 14.8. The zero-order chi connectivity index (χ0) is 15.8. The summed E-state index contributed by atoms with van der Waals surface area (Å²) >= 11 is 0. The minimum atomic E-state index is -0.188. The van der Waals surface area contributed by atoms with Crippen LogP contribution in [0.25, 0.3) is 0 Å². The first-order chi connectivity index (χ1) is 10.7. The van der Waals surface area contributed by atoms with E-state index in [4.69, 9.17) is 5.11 Å². The molecule has 5 heteroatoms. The predicted octanol–water partition coefficient (Wildman–Crippen LogP) is 1.72. The van der Waals surface area contributed by atoms with E-state index >= 15 is 0 Å². The van der Waals surface area contributed by atoms with Gasteiger partial charge in [-0.05, 0) is 31.4 Å². The minimum absolute atomic E-state index is 0.0204. The molecule has 0 radical (unpaired) electrons. The molecule has 2 atom stereocenters. The van der Waals surface area contributed by atoms with Gasteiger partial charge in [-0.3, -0.25) is 4.90 Å². The van der Waals surface area contributed by atoms with E-state index in [0.717, 1.165) is 25.9 Å². The lowest BCUT2D eigenvalue weighted by Crippen LogP contribution is -2.47. The van der Waals surface area contributed by atoms with E-state index in [0.29, 0.717) is 12.6 Å². The molecule has 2 amide bonds. The lowest BCUT2D eigenvalue weighted by molar-refractivity contribution is 0.206. The highest BCUT2D eigenvalue weighted by atomic mass is 16.3. The van der Waals surface area contributed by atoms with Crippen molar-refractivity contribution in [1.82, 2.24) is 15.5 Å². The monoisotopic (exact) mass is 305 g/mol. The highest BCUT2D eigenvalue weighted by Crippen LogP contribution is 2.19. The van der Waals surface area contributed by atoms with Crippen LogP contribution in [-0.4, -0.2) is 47.8 Å². The van der Waals surface area contributed by atoms with Gasteiger partial charge in [-0.25, -0.2) is 4.79 Å². The number of likely N-dealkylation sites (tertiary alicyclic amines) is 1. The van der Waals surface area contributed by atoms with Gasteiger partial charge in [0.2, 0.25) is 0 Å². The van der Waals surface area contributed by atoms with Gasteiger partial charge in [0.15, 0.2) is 0 Å². The smallest absolute Gasteiger partial charge is 0.315 e. The number of aliphatic hydroxyl groups is 1. The van der Waals surface area contributed by atoms with Crippen molar-refractivity contribution in [2.24, 2.45) is 0 Å². The van der Waals surface area contributed by atoms with Gasteiger partial charge in [0.25, 0.3) is 0 Å². The molecule has 0 bridgehead atoms. The third-order valence-corrected chi connectivity index (χ3v) is 4.27. The largest absolute Gasteiger partial charge is 0.394 e. The summed E-state index contributed by atoms with van der Waals surface area (Å²) < 4.78 is 0. The van der Waals surface area contributed by atoms with Crippen LogP contribution in [0.2, 0.25) is 0 Å². The first-order valence-electron chi connectivity index (χ1n) is 8.16. The second-order valence-electron chi connectivity index (χ2n) is 5.89. The molecule has 0 aliphatic carbocycles. The topological polar surface area (TPSA) is 64.6 Å². The zero-order valence-corrected chi connectivity index (χ0v) is 13.3. The number of amides is 2. The van der Waals surface area contributed by atoms with Crippen LogP contribution in [0.4, 0.5) is 4.79 Å². The Hall–Kier alpha value is -1.59. The quantitative estimate of drug-likeness (QED) is 0.719. The maximum Gasteiger partial charge on any atom is 0.315 e. The molecular formula is C17H27N3O2. The van der Waals surface area contributed by atoms with Gasteiger partial charge < -0.3 is 15.7 Å². The molecule has 2 rings (SSSR count). The third kappa shape index (κ3) is 5.00. The van der Waals surface area contributed by atoms with E-state index in [-0.39, 0.29) is 18.7 Å². The van der Waals surface area contributed by atoms with Crippen LogP contribution in [0.5, 0.6) is 0 Å². The van der Waals surface area contributed by atoms with Crippen molar-refractivity contribution < 1.29 is 9.90 Å². The van der Waals surface area contributed by atoms with Gasteiger partial charge in [-0.15, -0.1) is 0 Å². The summed E-state index contributed by atoms with van der Waals surface area (Å²) in [5.74, 6) is 0. The molecule has 1 saturated heterocycles. The fourth-order valence-corrected chi connectivity index (χ4v) is 2.88. The summed E-state index contributed by atoms with van der Waals surface area (Å²) in [6, 6.07) is 10.5. The van der Waals surface area contributed by atoms with E-state index in [9.17, 15) is 4.79 Å². The molecule has 1 aromatic carbocycles. The van der Waals surface area contributed by atoms with Crippen LogP contribution in [0.3, 0.4) is 0 Å². The second kappa shape index (κ2) is 8.76. The van der Waals surface area contributed by atoms with Crippen molar-refractivity contribution in [2.75, 3.05) is 19.7 Å². The average Bonchev–Trinajstić information content (AvgIpc) is 2.98. The van der Waals surface area contributed by atoms with Crippen molar-refractivity contribution in [3.8, 4) is 0 Å². The Labute approximate surface area is 132 Å². The van der Waals surface area contributed by atoms with Crippen LogP contribution in [0.1, 0.15) is 31.7 Å². The molecule has 1 aromatic rings. The van der Waals surface area contributed by atoms with Crippen LogP contribution in [-0.2, 0) is 6.54 Å². The zero-order valence-electron chi connectivity index (χ0n) is 13.3. The molecule has 3 N–H and O–H groups in total. The number of carbonyl (C=O) groups excluding carboxylic acids is 1. The van der Waals surface area contributed by atoms with E-state index in [2.05, 4.69) is 39.8 Å². The summed E-state index contributed by atoms with van der Waals surface area (Å²) in [6.45, 7) is 4.59. The molecule has 1 aliphatic rings. The SMILES string of the molecule is CCC(CO)NC(=O)NCC1CCCN1Cc1ccccc1. The number of hydrogen-bond acceptors (Lipinski definition) is 3. The van der Waals surface area contributed by atoms with Crippen molar-refractivity contribution in [3.63, 3.8) is 0 Å². The number of nitrogens with one attached hydrogen (secondary N) is 2. The standard InChI is InChI=1S/C17H27N3O2/c1-2-15(13-21)19-17(22)18-11-16-9-6-10-20(16)12-14-7-4-3-5-8-14/h3-5,7-8,15-16,21H,2,6,9-13H2,1H3,(H2,18,19,22). The maximum atomic E-state index is 11.8. The molecule has 2 unspecified atom stereocenters. The predicted molar refractivity (Wildman–Crippen MR) is 87.6 cm³/mol. The molecule has 5 nitrogen and oxygen atoms in total.